The third-order valence-corrected chi connectivity index (χ3v) is 4.74. The van der Waals surface area contributed by atoms with Crippen LogP contribution in [0.15, 0.2) is 16.9 Å². The number of aryl methyl sites for hydroxylation is 3. The van der Waals surface area contributed by atoms with Crippen LogP contribution in [0, 0.1) is 0 Å². The fraction of sp³-hybridized carbons (Fsp3) is 0.667. The van der Waals surface area contributed by atoms with E-state index >= 15 is 0 Å². The van der Waals surface area contributed by atoms with Crippen molar-refractivity contribution in [2.24, 2.45) is 0 Å². The number of rotatable bonds is 7. The van der Waals surface area contributed by atoms with Crippen LogP contribution in [-0.4, -0.2) is 43.6 Å². The fourth-order valence-electron chi connectivity index (χ4n) is 3.45. The van der Waals surface area contributed by atoms with Gasteiger partial charge in [-0.1, -0.05) is 19.0 Å². The topological polar surface area (TPSA) is 77.0 Å². The summed E-state index contributed by atoms with van der Waals surface area (Å²) in [6.45, 7) is 5.78. The van der Waals surface area contributed by atoms with Gasteiger partial charge in [0.1, 0.15) is 5.82 Å². The average molecular weight is 345 g/mol. The summed E-state index contributed by atoms with van der Waals surface area (Å²) in [4.78, 5) is 23.3. The van der Waals surface area contributed by atoms with E-state index in [-0.39, 0.29) is 5.91 Å². The number of carbonyl (C=O) groups excluding carboxylic acids is 1. The van der Waals surface area contributed by atoms with Gasteiger partial charge in [-0.05, 0) is 19.3 Å². The number of piperidine rings is 1. The molecule has 25 heavy (non-hydrogen) atoms. The summed E-state index contributed by atoms with van der Waals surface area (Å²) < 4.78 is 7.45. The lowest BCUT2D eigenvalue weighted by molar-refractivity contribution is -0.132. The van der Waals surface area contributed by atoms with Gasteiger partial charge in [-0.2, -0.15) is 4.98 Å². The number of hydrogen-bond acceptors (Lipinski definition) is 5. The van der Waals surface area contributed by atoms with Gasteiger partial charge in [-0.15, -0.1) is 0 Å². The molecule has 1 aliphatic rings. The van der Waals surface area contributed by atoms with Gasteiger partial charge in [0.2, 0.25) is 11.8 Å². The molecule has 0 radical (unpaired) electrons. The molecule has 0 bridgehead atoms. The molecular formula is C18H27N5O2. The Kier molecular flexibility index (Phi) is 5.83. The maximum atomic E-state index is 12.6. The third-order valence-electron chi connectivity index (χ3n) is 4.74. The molecule has 0 spiro atoms. The highest BCUT2D eigenvalue weighted by Crippen LogP contribution is 2.23. The van der Waals surface area contributed by atoms with Crippen molar-refractivity contribution in [1.29, 1.82) is 0 Å². The van der Waals surface area contributed by atoms with Crippen LogP contribution < -0.4 is 0 Å². The Morgan fingerprint density at radius 2 is 2.24 bits per heavy atom. The van der Waals surface area contributed by atoms with E-state index in [2.05, 4.69) is 33.5 Å². The zero-order valence-electron chi connectivity index (χ0n) is 15.1. The van der Waals surface area contributed by atoms with Gasteiger partial charge in [-0.3, -0.25) is 4.79 Å². The molecule has 3 heterocycles. The molecule has 0 saturated carbocycles. The van der Waals surface area contributed by atoms with Crippen molar-refractivity contribution in [1.82, 2.24) is 24.6 Å². The SMILES string of the molecule is CCCc1noc(CCC(=O)N2CCC[C@H](n3ccnc3CC)C2)n1. The molecule has 7 heteroatoms. The van der Waals surface area contributed by atoms with Gasteiger partial charge < -0.3 is 14.0 Å². The molecule has 1 fully saturated rings. The van der Waals surface area contributed by atoms with Crippen molar-refractivity contribution in [2.75, 3.05) is 13.1 Å². The second-order valence-electron chi connectivity index (χ2n) is 6.59. The van der Waals surface area contributed by atoms with Crippen molar-refractivity contribution >= 4 is 5.91 Å². The van der Waals surface area contributed by atoms with Crippen molar-refractivity contribution in [2.45, 2.75) is 64.8 Å². The molecule has 2 aromatic rings. The molecule has 0 aliphatic carbocycles. The molecule has 7 nitrogen and oxygen atoms in total. The van der Waals surface area contributed by atoms with Crippen molar-refractivity contribution in [3.05, 3.63) is 29.9 Å². The lowest BCUT2D eigenvalue weighted by Crippen LogP contribution is -2.41. The van der Waals surface area contributed by atoms with Crippen LogP contribution >= 0.6 is 0 Å². The maximum absolute atomic E-state index is 12.6. The van der Waals surface area contributed by atoms with E-state index in [1.165, 1.54) is 0 Å². The lowest BCUT2D eigenvalue weighted by Gasteiger charge is -2.34. The smallest absolute Gasteiger partial charge is 0.227 e. The van der Waals surface area contributed by atoms with Crippen molar-refractivity contribution < 1.29 is 9.32 Å². The molecular weight excluding hydrogens is 318 g/mol. The summed E-state index contributed by atoms with van der Waals surface area (Å²) in [5.41, 5.74) is 0. The molecule has 2 aromatic heterocycles. The van der Waals surface area contributed by atoms with Crippen LogP contribution in [0.2, 0.25) is 0 Å². The average Bonchev–Trinajstić information content (AvgIpc) is 3.29. The third kappa shape index (κ3) is 4.27. The lowest BCUT2D eigenvalue weighted by atomic mass is 10.0. The first-order valence-electron chi connectivity index (χ1n) is 9.32. The minimum atomic E-state index is 0.165. The predicted molar refractivity (Wildman–Crippen MR) is 93.1 cm³/mol. The molecule has 3 rings (SSSR count). The van der Waals surface area contributed by atoms with Gasteiger partial charge in [0.15, 0.2) is 5.82 Å². The fourth-order valence-corrected chi connectivity index (χ4v) is 3.45. The van der Waals surface area contributed by atoms with E-state index in [0.29, 0.717) is 24.8 Å². The Hall–Kier alpha value is -2.18. The minimum absolute atomic E-state index is 0.165. The number of imidazole rings is 1. The summed E-state index contributed by atoms with van der Waals surface area (Å²) in [6.07, 6.45) is 9.66. The molecule has 1 aliphatic heterocycles. The maximum Gasteiger partial charge on any atom is 0.227 e. The highest BCUT2D eigenvalue weighted by atomic mass is 16.5. The molecule has 0 N–H and O–H groups in total. The predicted octanol–water partition coefficient (Wildman–Crippen LogP) is 2.58. The second kappa shape index (κ2) is 8.27. The first-order chi connectivity index (χ1) is 12.2. The van der Waals surface area contributed by atoms with Gasteiger partial charge in [0, 0.05) is 51.2 Å². The largest absolute Gasteiger partial charge is 0.341 e. The number of aromatic nitrogens is 4. The van der Waals surface area contributed by atoms with E-state index in [9.17, 15) is 4.79 Å². The summed E-state index contributed by atoms with van der Waals surface area (Å²) >= 11 is 0. The highest BCUT2D eigenvalue weighted by molar-refractivity contribution is 5.76. The number of likely N-dealkylation sites (tertiary alicyclic amines) is 1. The van der Waals surface area contributed by atoms with Crippen LogP contribution in [0.25, 0.3) is 0 Å². The van der Waals surface area contributed by atoms with E-state index in [1.54, 1.807) is 0 Å². The summed E-state index contributed by atoms with van der Waals surface area (Å²) in [6, 6.07) is 0.328. The summed E-state index contributed by atoms with van der Waals surface area (Å²) in [5, 5.41) is 3.94. The van der Waals surface area contributed by atoms with Crippen molar-refractivity contribution in [3.63, 3.8) is 0 Å². The first kappa shape index (κ1) is 17.6. The Morgan fingerprint density at radius 3 is 3.04 bits per heavy atom. The second-order valence-corrected chi connectivity index (χ2v) is 6.59. The highest BCUT2D eigenvalue weighted by Gasteiger charge is 2.25. The molecule has 0 aromatic carbocycles. The van der Waals surface area contributed by atoms with Crippen LogP contribution in [0.5, 0.6) is 0 Å². The minimum Gasteiger partial charge on any atom is -0.341 e. The Balaban J connectivity index is 1.54. The van der Waals surface area contributed by atoms with Gasteiger partial charge in [0.25, 0.3) is 0 Å². The monoisotopic (exact) mass is 345 g/mol. The Morgan fingerprint density at radius 1 is 1.36 bits per heavy atom. The number of carbonyl (C=O) groups is 1. The first-order valence-corrected chi connectivity index (χ1v) is 9.32. The van der Waals surface area contributed by atoms with E-state index in [1.807, 2.05) is 17.3 Å². The standard InChI is InChI=1S/C18H27N5O2/c1-3-6-15-20-17(25-21-15)8-9-18(24)22-11-5-7-14(13-22)23-12-10-19-16(23)4-2/h10,12,14H,3-9,11,13H2,1-2H3/t14-/m0/s1. The quantitative estimate of drug-likeness (QED) is 0.771. The normalized spacial score (nSPS) is 17.8. The summed E-state index contributed by atoms with van der Waals surface area (Å²) in [5.74, 6) is 2.55. The zero-order valence-corrected chi connectivity index (χ0v) is 15.1. The molecule has 1 atom stereocenters. The van der Waals surface area contributed by atoms with Gasteiger partial charge >= 0.3 is 0 Å². The number of nitrogens with zero attached hydrogens (tertiary/aromatic N) is 5. The number of amides is 1. The van der Waals surface area contributed by atoms with Crippen molar-refractivity contribution in [3.8, 4) is 0 Å². The number of hydrogen-bond donors (Lipinski definition) is 0. The molecule has 0 unspecified atom stereocenters. The zero-order chi connectivity index (χ0) is 17.6. The Labute approximate surface area is 148 Å². The van der Waals surface area contributed by atoms with Gasteiger partial charge in [-0.25, -0.2) is 4.98 Å². The molecule has 1 saturated heterocycles. The van der Waals surface area contributed by atoms with E-state index in [4.69, 9.17) is 4.52 Å². The van der Waals surface area contributed by atoms with Crippen LogP contribution in [0.4, 0.5) is 0 Å². The molecule has 1 amide bonds. The van der Waals surface area contributed by atoms with Gasteiger partial charge in [0.05, 0.1) is 6.04 Å². The van der Waals surface area contributed by atoms with Crippen LogP contribution in [0.1, 0.15) is 63.1 Å². The van der Waals surface area contributed by atoms with E-state index in [0.717, 1.165) is 56.8 Å². The van der Waals surface area contributed by atoms with E-state index < -0.39 is 0 Å². The Bertz CT molecular complexity index is 693. The van der Waals surface area contributed by atoms with Crippen LogP contribution in [0.3, 0.4) is 0 Å². The molecule has 136 valence electrons. The summed E-state index contributed by atoms with van der Waals surface area (Å²) in [7, 11) is 0. The van der Waals surface area contributed by atoms with Crippen LogP contribution in [-0.2, 0) is 24.1 Å².